The quantitative estimate of drug-likeness (QED) is 0.829. The molecule has 0 amide bonds. The van der Waals surface area contributed by atoms with Gasteiger partial charge in [0.05, 0.1) is 5.69 Å². The average molecular weight is 376 g/mol. The molecule has 0 bridgehead atoms. The van der Waals surface area contributed by atoms with Gasteiger partial charge < -0.3 is 5.32 Å². The molecular weight excluding hydrogens is 354 g/mol. The summed E-state index contributed by atoms with van der Waals surface area (Å²) in [5.74, 6) is 0.379. The van der Waals surface area contributed by atoms with Crippen molar-refractivity contribution < 1.29 is 8.42 Å². The Morgan fingerprint density at radius 1 is 1.38 bits per heavy atom. The highest BCUT2D eigenvalue weighted by molar-refractivity contribution is 9.10. The molecule has 2 rings (SSSR count). The van der Waals surface area contributed by atoms with E-state index in [0.717, 1.165) is 29.4 Å². The average Bonchev–Trinajstić information content (AvgIpc) is 2.37. The molecule has 0 spiro atoms. The number of benzene rings is 1. The molecule has 1 aliphatic rings. The number of piperidine rings is 1. The lowest BCUT2D eigenvalue weighted by molar-refractivity contribution is 0.264. The predicted octanol–water partition coefficient (Wildman–Crippen LogP) is 2.35. The van der Waals surface area contributed by atoms with Crippen molar-refractivity contribution in [2.45, 2.75) is 19.8 Å². The standard InChI is InChI=1S/C14H22BrN3O2S/c1-11-6-13(15)8-14(7-11)17-21(19,20)18-5-3-4-12(10-18)9-16-2/h6-8,12,16-17H,3-5,9-10H2,1-2H3. The number of nitrogens with one attached hydrogen (secondary N) is 2. The summed E-state index contributed by atoms with van der Waals surface area (Å²) < 4.78 is 30.1. The van der Waals surface area contributed by atoms with Gasteiger partial charge in [0.2, 0.25) is 0 Å². The van der Waals surface area contributed by atoms with Gasteiger partial charge in [-0.05, 0) is 63.0 Å². The Labute approximate surface area is 135 Å². The molecule has 118 valence electrons. The summed E-state index contributed by atoms with van der Waals surface area (Å²) in [6.07, 6.45) is 1.98. The number of halogens is 1. The van der Waals surface area contributed by atoms with Crippen LogP contribution in [0.4, 0.5) is 5.69 Å². The topological polar surface area (TPSA) is 61.4 Å². The van der Waals surface area contributed by atoms with Crippen LogP contribution in [-0.4, -0.2) is 39.4 Å². The Morgan fingerprint density at radius 2 is 2.14 bits per heavy atom. The van der Waals surface area contributed by atoms with Crippen LogP contribution in [0.15, 0.2) is 22.7 Å². The van der Waals surface area contributed by atoms with Crippen LogP contribution in [0, 0.1) is 12.8 Å². The Morgan fingerprint density at radius 3 is 2.81 bits per heavy atom. The normalized spacial score (nSPS) is 20.4. The number of hydrogen-bond acceptors (Lipinski definition) is 3. The number of rotatable bonds is 5. The fourth-order valence-electron chi connectivity index (χ4n) is 2.71. The van der Waals surface area contributed by atoms with Gasteiger partial charge in [-0.1, -0.05) is 15.9 Å². The summed E-state index contributed by atoms with van der Waals surface area (Å²) >= 11 is 3.39. The Kier molecular flexibility index (Phi) is 5.65. The lowest BCUT2D eigenvalue weighted by Crippen LogP contribution is -2.44. The monoisotopic (exact) mass is 375 g/mol. The van der Waals surface area contributed by atoms with Crippen LogP contribution in [0.25, 0.3) is 0 Å². The van der Waals surface area contributed by atoms with Gasteiger partial charge in [0.1, 0.15) is 0 Å². The third-order valence-electron chi connectivity index (χ3n) is 3.60. The zero-order valence-corrected chi connectivity index (χ0v) is 14.8. The first kappa shape index (κ1) is 16.7. The molecule has 0 saturated carbocycles. The van der Waals surface area contributed by atoms with Gasteiger partial charge in [0.25, 0.3) is 0 Å². The summed E-state index contributed by atoms with van der Waals surface area (Å²) in [6, 6.07) is 5.55. The van der Waals surface area contributed by atoms with Gasteiger partial charge >= 0.3 is 10.2 Å². The van der Waals surface area contributed by atoms with Gasteiger partial charge in [0, 0.05) is 17.6 Å². The first-order valence-electron chi connectivity index (χ1n) is 7.10. The molecule has 1 aromatic carbocycles. The molecule has 1 fully saturated rings. The second-order valence-electron chi connectivity index (χ2n) is 5.55. The third-order valence-corrected chi connectivity index (χ3v) is 5.57. The van der Waals surface area contributed by atoms with Crippen molar-refractivity contribution >= 4 is 31.8 Å². The second kappa shape index (κ2) is 7.09. The zero-order chi connectivity index (χ0) is 15.5. The van der Waals surface area contributed by atoms with Crippen molar-refractivity contribution in [2.75, 3.05) is 31.4 Å². The van der Waals surface area contributed by atoms with E-state index in [9.17, 15) is 8.42 Å². The number of hydrogen-bond donors (Lipinski definition) is 2. The largest absolute Gasteiger partial charge is 0.319 e. The molecule has 0 aliphatic carbocycles. The molecule has 0 radical (unpaired) electrons. The first-order valence-corrected chi connectivity index (χ1v) is 9.33. The summed E-state index contributed by atoms with van der Waals surface area (Å²) in [5, 5.41) is 3.13. The lowest BCUT2D eigenvalue weighted by Gasteiger charge is -2.32. The molecule has 0 aromatic heterocycles. The maximum Gasteiger partial charge on any atom is 0.301 e. The van der Waals surface area contributed by atoms with Crippen LogP contribution >= 0.6 is 15.9 Å². The van der Waals surface area contributed by atoms with Gasteiger partial charge in [-0.15, -0.1) is 0 Å². The van der Waals surface area contributed by atoms with Gasteiger partial charge in [0.15, 0.2) is 0 Å². The van der Waals surface area contributed by atoms with E-state index in [4.69, 9.17) is 0 Å². The van der Waals surface area contributed by atoms with E-state index in [1.807, 2.05) is 26.1 Å². The molecule has 21 heavy (non-hydrogen) atoms. The smallest absolute Gasteiger partial charge is 0.301 e. The van der Waals surface area contributed by atoms with Gasteiger partial charge in [-0.3, -0.25) is 4.72 Å². The van der Waals surface area contributed by atoms with Crippen molar-refractivity contribution in [2.24, 2.45) is 5.92 Å². The van der Waals surface area contributed by atoms with Crippen molar-refractivity contribution in [3.05, 3.63) is 28.2 Å². The van der Waals surface area contributed by atoms with Crippen LogP contribution < -0.4 is 10.0 Å². The highest BCUT2D eigenvalue weighted by atomic mass is 79.9. The molecule has 1 atom stereocenters. The summed E-state index contributed by atoms with van der Waals surface area (Å²) in [7, 11) is -1.59. The van der Waals surface area contributed by atoms with E-state index < -0.39 is 10.2 Å². The molecule has 1 unspecified atom stereocenters. The minimum absolute atomic E-state index is 0.379. The number of nitrogens with zero attached hydrogens (tertiary/aromatic N) is 1. The first-order chi connectivity index (χ1) is 9.90. The van der Waals surface area contributed by atoms with Crippen molar-refractivity contribution in [1.82, 2.24) is 9.62 Å². The second-order valence-corrected chi connectivity index (χ2v) is 8.13. The van der Waals surface area contributed by atoms with E-state index >= 15 is 0 Å². The minimum atomic E-state index is -3.49. The Balaban J connectivity index is 2.10. The Bertz CT molecular complexity index is 570. The van der Waals surface area contributed by atoms with Crippen molar-refractivity contribution in [1.29, 1.82) is 0 Å². The highest BCUT2D eigenvalue weighted by Gasteiger charge is 2.28. The van der Waals surface area contributed by atoms with Crippen molar-refractivity contribution in [3.8, 4) is 0 Å². The van der Waals surface area contributed by atoms with Crippen LogP contribution in [0.2, 0.25) is 0 Å². The number of anilines is 1. The molecule has 1 aromatic rings. The van der Waals surface area contributed by atoms with E-state index in [1.165, 1.54) is 0 Å². The summed E-state index contributed by atoms with van der Waals surface area (Å²) in [4.78, 5) is 0. The fraction of sp³-hybridized carbons (Fsp3) is 0.571. The van der Waals surface area contributed by atoms with E-state index in [-0.39, 0.29) is 0 Å². The molecule has 2 N–H and O–H groups in total. The van der Waals surface area contributed by atoms with Gasteiger partial charge in [-0.2, -0.15) is 12.7 Å². The molecule has 1 saturated heterocycles. The van der Waals surface area contributed by atoms with Crippen LogP contribution in [-0.2, 0) is 10.2 Å². The molecule has 1 aliphatic heterocycles. The van der Waals surface area contributed by atoms with E-state index in [2.05, 4.69) is 26.0 Å². The summed E-state index contributed by atoms with van der Waals surface area (Å²) in [6.45, 7) is 3.94. The lowest BCUT2D eigenvalue weighted by atomic mass is 10.00. The van der Waals surface area contributed by atoms with Crippen molar-refractivity contribution in [3.63, 3.8) is 0 Å². The third kappa shape index (κ3) is 4.67. The molecule has 1 heterocycles. The molecule has 5 nitrogen and oxygen atoms in total. The van der Waals surface area contributed by atoms with Crippen LogP contribution in [0.1, 0.15) is 18.4 Å². The SMILES string of the molecule is CNCC1CCCN(S(=O)(=O)Nc2cc(C)cc(Br)c2)C1. The molecule has 7 heteroatoms. The van der Waals surface area contributed by atoms with Gasteiger partial charge in [-0.25, -0.2) is 0 Å². The Hall–Kier alpha value is -0.630. The van der Waals surface area contributed by atoms with Crippen LogP contribution in [0.3, 0.4) is 0 Å². The molecular formula is C14H22BrN3O2S. The van der Waals surface area contributed by atoms with E-state index in [0.29, 0.717) is 24.7 Å². The fourth-order valence-corrected chi connectivity index (χ4v) is 4.64. The van der Waals surface area contributed by atoms with E-state index in [1.54, 1.807) is 10.4 Å². The maximum atomic E-state index is 12.5. The number of aryl methyl sites for hydroxylation is 1. The van der Waals surface area contributed by atoms with Crippen LogP contribution in [0.5, 0.6) is 0 Å². The zero-order valence-electron chi connectivity index (χ0n) is 12.4. The minimum Gasteiger partial charge on any atom is -0.319 e. The highest BCUT2D eigenvalue weighted by Crippen LogP contribution is 2.23. The maximum absolute atomic E-state index is 12.5. The predicted molar refractivity (Wildman–Crippen MR) is 89.6 cm³/mol. The summed E-state index contributed by atoms with van der Waals surface area (Å²) in [5.41, 5.74) is 1.60.